The van der Waals surface area contributed by atoms with Crippen LogP contribution in [0.15, 0.2) is 24.3 Å². The van der Waals surface area contributed by atoms with E-state index in [0.717, 1.165) is 11.1 Å². The first-order chi connectivity index (χ1) is 7.92. The van der Waals surface area contributed by atoms with Crippen molar-refractivity contribution in [3.05, 3.63) is 35.4 Å². The Hall–Kier alpha value is -1.53. The highest BCUT2D eigenvalue weighted by molar-refractivity contribution is 6.83. The zero-order valence-corrected chi connectivity index (χ0v) is 11.8. The van der Waals surface area contributed by atoms with Gasteiger partial charge in [-0.25, -0.2) is 0 Å². The van der Waals surface area contributed by atoms with Crippen LogP contribution >= 0.6 is 0 Å². The van der Waals surface area contributed by atoms with Crippen LogP contribution in [0.2, 0.25) is 19.6 Å². The smallest absolute Gasteiger partial charge is 0.310 e. The third kappa shape index (κ3) is 4.88. The fourth-order valence-corrected chi connectivity index (χ4v) is 1.79. The standard InChI is InChI=1S/C14H18O2Si/c1-16-14(15)11-13-8-6-5-7-12(13)9-10-17(2,3)4/h5-8H,11H2,1-4H3. The van der Waals surface area contributed by atoms with Crippen LogP contribution in [0, 0.1) is 11.5 Å². The van der Waals surface area contributed by atoms with Crippen molar-refractivity contribution in [2.75, 3.05) is 7.11 Å². The van der Waals surface area contributed by atoms with Gasteiger partial charge in [0.2, 0.25) is 0 Å². The summed E-state index contributed by atoms with van der Waals surface area (Å²) in [6.45, 7) is 6.59. The monoisotopic (exact) mass is 246 g/mol. The summed E-state index contributed by atoms with van der Waals surface area (Å²) in [6.07, 6.45) is 0.285. The van der Waals surface area contributed by atoms with Gasteiger partial charge in [0.1, 0.15) is 8.07 Å². The molecule has 0 fully saturated rings. The minimum atomic E-state index is -1.39. The Morgan fingerprint density at radius 1 is 1.29 bits per heavy atom. The van der Waals surface area contributed by atoms with Crippen molar-refractivity contribution in [2.45, 2.75) is 26.1 Å². The predicted molar refractivity (Wildman–Crippen MR) is 72.4 cm³/mol. The van der Waals surface area contributed by atoms with E-state index in [2.05, 4.69) is 35.8 Å². The van der Waals surface area contributed by atoms with Gasteiger partial charge in [-0.05, 0) is 11.6 Å². The Kier molecular flexibility index (Phi) is 4.53. The number of carbonyl (C=O) groups excluding carboxylic acids is 1. The van der Waals surface area contributed by atoms with Crippen molar-refractivity contribution in [3.63, 3.8) is 0 Å². The van der Waals surface area contributed by atoms with E-state index in [1.807, 2.05) is 24.3 Å². The maximum absolute atomic E-state index is 11.3. The summed E-state index contributed by atoms with van der Waals surface area (Å²) in [5.41, 5.74) is 5.17. The Labute approximate surface area is 104 Å². The van der Waals surface area contributed by atoms with Crippen molar-refractivity contribution in [2.24, 2.45) is 0 Å². The number of hydrogen-bond acceptors (Lipinski definition) is 2. The molecule has 2 nitrogen and oxygen atoms in total. The summed E-state index contributed by atoms with van der Waals surface area (Å²) >= 11 is 0. The van der Waals surface area contributed by atoms with E-state index < -0.39 is 8.07 Å². The second-order valence-corrected chi connectivity index (χ2v) is 9.66. The molecule has 0 radical (unpaired) electrons. The third-order valence-electron chi connectivity index (χ3n) is 2.15. The number of hydrogen-bond donors (Lipinski definition) is 0. The molecule has 0 bridgehead atoms. The van der Waals surface area contributed by atoms with Gasteiger partial charge in [0.25, 0.3) is 0 Å². The lowest BCUT2D eigenvalue weighted by Gasteiger charge is -2.06. The van der Waals surface area contributed by atoms with Gasteiger partial charge in [-0.2, -0.15) is 0 Å². The molecule has 1 aromatic rings. The van der Waals surface area contributed by atoms with Crippen LogP contribution in [0.3, 0.4) is 0 Å². The molecule has 17 heavy (non-hydrogen) atoms. The van der Waals surface area contributed by atoms with Crippen molar-refractivity contribution in [1.29, 1.82) is 0 Å². The summed E-state index contributed by atoms with van der Waals surface area (Å²) in [5.74, 6) is 2.96. The number of esters is 1. The molecule has 0 aliphatic carbocycles. The normalized spacial score (nSPS) is 10.4. The lowest BCUT2D eigenvalue weighted by Crippen LogP contribution is -2.16. The first kappa shape index (κ1) is 13.5. The Morgan fingerprint density at radius 3 is 2.53 bits per heavy atom. The second-order valence-electron chi connectivity index (χ2n) is 4.91. The first-order valence-corrected chi connectivity index (χ1v) is 9.10. The molecule has 1 aromatic carbocycles. The highest BCUT2D eigenvalue weighted by Gasteiger charge is 2.09. The lowest BCUT2D eigenvalue weighted by atomic mass is 10.1. The summed E-state index contributed by atoms with van der Waals surface area (Å²) in [5, 5.41) is 0. The Morgan fingerprint density at radius 2 is 1.94 bits per heavy atom. The molecular formula is C14H18O2Si. The Bertz CT molecular complexity index is 461. The van der Waals surface area contributed by atoms with E-state index in [1.54, 1.807) is 0 Å². The van der Waals surface area contributed by atoms with Gasteiger partial charge in [0.05, 0.1) is 13.5 Å². The van der Waals surface area contributed by atoms with Crippen LogP contribution in [-0.4, -0.2) is 21.2 Å². The summed E-state index contributed by atoms with van der Waals surface area (Å²) in [6, 6.07) is 7.73. The summed E-state index contributed by atoms with van der Waals surface area (Å²) < 4.78 is 4.68. The van der Waals surface area contributed by atoms with Crippen LogP contribution in [-0.2, 0) is 16.0 Å². The number of carbonyl (C=O) groups is 1. The molecule has 0 saturated heterocycles. The van der Waals surface area contributed by atoms with Gasteiger partial charge in [-0.15, -0.1) is 5.54 Å². The molecule has 0 aromatic heterocycles. The molecule has 1 rings (SSSR count). The zero-order chi connectivity index (χ0) is 12.9. The van der Waals surface area contributed by atoms with Crippen molar-refractivity contribution >= 4 is 14.0 Å². The van der Waals surface area contributed by atoms with Gasteiger partial charge in [-0.1, -0.05) is 43.8 Å². The van der Waals surface area contributed by atoms with Crippen LogP contribution < -0.4 is 0 Å². The highest BCUT2D eigenvalue weighted by atomic mass is 28.3. The van der Waals surface area contributed by atoms with E-state index in [4.69, 9.17) is 0 Å². The van der Waals surface area contributed by atoms with E-state index >= 15 is 0 Å². The maximum Gasteiger partial charge on any atom is 0.310 e. The molecule has 0 saturated carbocycles. The molecule has 90 valence electrons. The van der Waals surface area contributed by atoms with E-state index in [9.17, 15) is 4.79 Å². The molecule has 0 N–H and O–H groups in total. The maximum atomic E-state index is 11.3. The van der Waals surface area contributed by atoms with Crippen molar-refractivity contribution in [3.8, 4) is 11.5 Å². The van der Waals surface area contributed by atoms with Crippen molar-refractivity contribution < 1.29 is 9.53 Å². The number of methoxy groups -OCH3 is 1. The lowest BCUT2D eigenvalue weighted by molar-refractivity contribution is -0.139. The van der Waals surface area contributed by atoms with Gasteiger partial charge in [-0.3, -0.25) is 4.79 Å². The molecular weight excluding hydrogens is 228 g/mol. The van der Waals surface area contributed by atoms with Gasteiger partial charge in [0, 0.05) is 5.56 Å². The van der Waals surface area contributed by atoms with E-state index in [1.165, 1.54) is 7.11 Å². The number of benzene rings is 1. The molecule has 0 atom stereocenters. The molecule has 0 unspecified atom stereocenters. The summed E-state index contributed by atoms with van der Waals surface area (Å²) in [7, 11) is 0.0130. The molecule has 0 spiro atoms. The minimum absolute atomic E-state index is 0.229. The van der Waals surface area contributed by atoms with E-state index in [-0.39, 0.29) is 12.4 Å². The van der Waals surface area contributed by atoms with Crippen LogP contribution in [0.25, 0.3) is 0 Å². The molecule has 0 aliphatic heterocycles. The fourth-order valence-electron chi connectivity index (χ4n) is 1.28. The fraction of sp³-hybridized carbons (Fsp3) is 0.357. The molecule has 0 amide bonds. The van der Waals surface area contributed by atoms with Crippen LogP contribution in [0.4, 0.5) is 0 Å². The van der Waals surface area contributed by atoms with Gasteiger partial charge in [0.15, 0.2) is 0 Å². The summed E-state index contributed by atoms with van der Waals surface area (Å²) in [4.78, 5) is 11.3. The van der Waals surface area contributed by atoms with Gasteiger partial charge >= 0.3 is 5.97 Å². The molecule has 0 aliphatic rings. The quantitative estimate of drug-likeness (QED) is 0.455. The topological polar surface area (TPSA) is 26.3 Å². The third-order valence-corrected chi connectivity index (χ3v) is 3.03. The SMILES string of the molecule is COC(=O)Cc1ccccc1C#C[Si](C)(C)C. The average Bonchev–Trinajstić information content (AvgIpc) is 2.26. The number of ether oxygens (including phenoxy) is 1. The minimum Gasteiger partial charge on any atom is -0.469 e. The predicted octanol–water partition coefficient (Wildman–Crippen LogP) is 2.63. The molecule has 0 heterocycles. The van der Waals surface area contributed by atoms with Crippen molar-refractivity contribution in [1.82, 2.24) is 0 Å². The van der Waals surface area contributed by atoms with Crippen LogP contribution in [0.5, 0.6) is 0 Å². The van der Waals surface area contributed by atoms with Crippen LogP contribution in [0.1, 0.15) is 11.1 Å². The zero-order valence-electron chi connectivity index (χ0n) is 10.8. The number of rotatable bonds is 2. The Balaban J connectivity index is 2.99. The van der Waals surface area contributed by atoms with E-state index in [0.29, 0.717) is 0 Å². The average molecular weight is 246 g/mol. The highest BCUT2D eigenvalue weighted by Crippen LogP contribution is 2.09. The molecule has 3 heteroatoms. The second kappa shape index (κ2) is 5.69. The largest absolute Gasteiger partial charge is 0.469 e. The first-order valence-electron chi connectivity index (χ1n) is 5.60. The van der Waals surface area contributed by atoms with Gasteiger partial charge < -0.3 is 4.74 Å².